The third-order valence-corrected chi connectivity index (χ3v) is 2.90. The molecule has 1 aromatic carbocycles. The fourth-order valence-electron chi connectivity index (χ4n) is 1.70. The summed E-state index contributed by atoms with van der Waals surface area (Å²) >= 11 is 0. The molecule has 1 rings (SSSR count). The molecule has 0 aromatic heterocycles. The van der Waals surface area contributed by atoms with E-state index in [4.69, 9.17) is 0 Å². The average molecular weight is 269 g/mol. The van der Waals surface area contributed by atoms with Crippen LogP contribution in [0.2, 0.25) is 0 Å². The van der Waals surface area contributed by atoms with Gasteiger partial charge >= 0.3 is 6.61 Å². The minimum atomic E-state index is -2.80. The Bertz CT molecular complexity index is 418. The maximum absolute atomic E-state index is 12.3. The second-order valence-corrected chi connectivity index (χ2v) is 4.48. The number of halogens is 2. The average Bonchev–Trinajstić information content (AvgIpc) is 2.37. The molecule has 0 aliphatic heterocycles. The molecular formula is C15H21F2NO. The van der Waals surface area contributed by atoms with Crippen LogP contribution >= 0.6 is 0 Å². The Morgan fingerprint density at radius 1 is 1.37 bits per heavy atom. The Hall–Kier alpha value is -1.42. The van der Waals surface area contributed by atoms with Crippen molar-refractivity contribution in [3.63, 3.8) is 0 Å². The maximum Gasteiger partial charge on any atom is 0.387 e. The molecule has 0 bridgehead atoms. The molecule has 0 aliphatic rings. The third kappa shape index (κ3) is 5.39. The number of benzene rings is 1. The summed E-state index contributed by atoms with van der Waals surface area (Å²) in [6, 6.07) is 7.02. The summed E-state index contributed by atoms with van der Waals surface area (Å²) in [6.07, 6.45) is 2.94. The molecule has 2 nitrogen and oxygen atoms in total. The van der Waals surface area contributed by atoms with Crippen molar-refractivity contribution in [2.45, 2.75) is 39.8 Å². The van der Waals surface area contributed by atoms with E-state index in [1.807, 2.05) is 19.1 Å². The van der Waals surface area contributed by atoms with Gasteiger partial charge in [0.2, 0.25) is 0 Å². The quantitative estimate of drug-likeness (QED) is 0.805. The van der Waals surface area contributed by atoms with Gasteiger partial charge in [-0.15, -0.1) is 0 Å². The molecule has 0 amide bonds. The molecule has 0 spiro atoms. The van der Waals surface area contributed by atoms with Crippen LogP contribution in [0, 0.1) is 0 Å². The predicted molar refractivity (Wildman–Crippen MR) is 74.5 cm³/mol. The summed E-state index contributed by atoms with van der Waals surface area (Å²) in [5.74, 6) is 0.208. The van der Waals surface area contributed by atoms with Crippen LogP contribution in [0.5, 0.6) is 5.75 Å². The molecule has 1 unspecified atom stereocenters. The fourth-order valence-corrected chi connectivity index (χ4v) is 1.70. The fraction of sp³-hybridized carbons (Fsp3) is 0.467. The summed E-state index contributed by atoms with van der Waals surface area (Å²) < 4.78 is 29.1. The van der Waals surface area contributed by atoms with Gasteiger partial charge in [-0.1, -0.05) is 36.8 Å². The Labute approximate surface area is 113 Å². The van der Waals surface area contributed by atoms with Crippen LogP contribution in [-0.4, -0.2) is 19.2 Å². The SMILES string of the molecule is CCCNC(C)/C(C)=C/c1ccccc1OC(F)F. The van der Waals surface area contributed by atoms with E-state index >= 15 is 0 Å². The van der Waals surface area contributed by atoms with Crippen LogP contribution in [-0.2, 0) is 0 Å². The van der Waals surface area contributed by atoms with Crippen LogP contribution in [0.1, 0.15) is 32.8 Å². The normalized spacial score (nSPS) is 13.7. The van der Waals surface area contributed by atoms with Gasteiger partial charge in [0.1, 0.15) is 5.75 Å². The van der Waals surface area contributed by atoms with Gasteiger partial charge in [-0.05, 0) is 32.9 Å². The highest BCUT2D eigenvalue weighted by molar-refractivity contribution is 5.60. The molecule has 0 saturated heterocycles. The third-order valence-electron chi connectivity index (χ3n) is 2.90. The van der Waals surface area contributed by atoms with Crippen molar-refractivity contribution in [1.82, 2.24) is 5.32 Å². The van der Waals surface area contributed by atoms with E-state index in [-0.39, 0.29) is 11.8 Å². The van der Waals surface area contributed by atoms with Crippen molar-refractivity contribution in [1.29, 1.82) is 0 Å². The van der Waals surface area contributed by atoms with E-state index in [1.54, 1.807) is 18.2 Å². The first kappa shape index (κ1) is 15.6. The van der Waals surface area contributed by atoms with Crippen molar-refractivity contribution in [3.05, 3.63) is 35.4 Å². The lowest BCUT2D eigenvalue weighted by Gasteiger charge is -2.15. The first-order valence-electron chi connectivity index (χ1n) is 6.50. The first-order valence-corrected chi connectivity index (χ1v) is 6.50. The smallest absolute Gasteiger partial charge is 0.387 e. The Balaban J connectivity index is 2.84. The monoisotopic (exact) mass is 269 g/mol. The maximum atomic E-state index is 12.3. The van der Waals surface area contributed by atoms with Gasteiger partial charge in [0.25, 0.3) is 0 Å². The molecule has 1 aromatic rings. The van der Waals surface area contributed by atoms with Crippen LogP contribution < -0.4 is 10.1 Å². The van der Waals surface area contributed by atoms with Crippen LogP contribution in [0.3, 0.4) is 0 Å². The van der Waals surface area contributed by atoms with E-state index in [1.165, 1.54) is 0 Å². The Morgan fingerprint density at radius 3 is 2.68 bits per heavy atom. The highest BCUT2D eigenvalue weighted by atomic mass is 19.3. The van der Waals surface area contributed by atoms with E-state index in [2.05, 4.69) is 23.9 Å². The van der Waals surface area contributed by atoms with Crippen LogP contribution in [0.15, 0.2) is 29.8 Å². The van der Waals surface area contributed by atoms with Crippen molar-refractivity contribution in [3.8, 4) is 5.75 Å². The van der Waals surface area contributed by atoms with E-state index in [9.17, 15) is 8.78 Å². The van der Waals surface area contributed by atoms with Gasteiger partial charge in [0.05, 0.1) is 0 Å². The molecule has 19 heavy (non-hydrogen) atoms. The van der Waals surface area contributed by atoms with Gasteiger partial charge < -0.3 is 10.1 Å². The van der Waals surface area contributed by atoms with Crippen molar-refractivity contribution in [2.75, 3.05) is 6.54 Å². The molecule has 0 fully saturated rings. The van der Waals surface area contributed by atoms with Gasteiger partial charge in [-0.25, -0.2) is 0 Å². The zero-order valence-corrected chi connectivity index (χ0v) is 11.6. The molecule has 4 heteroatoms. The van der Waals surface area contributed by atoms with Crippen LogP contribution in [0.4, 0.5) is 8.78 Å². The lowest BCUT2D eigenvalue weighted by molar-refractivity contribution is -0.0499. The summed E-state index contributed by atoms with van der Waals surface area (Å²) in [5.41, 5.74) is 1.75. The number of hydrogen-bond donors (Lipinski definition) is 1. The zero-order valence-electron chi connectivity index (χ0n) is 11.6. The molecule has 0 heterocycles. The largest absolute Gasteiger partial charge is 0.434 e. The second-order valence-electron chi connectivity index (χ2n) is 4.48. The molecule has 106 valence electrons. The Morgan fingerprint density at radius 2 is 2.05 bits per heavy atom. The van der Waals surface area contributed by atoms with Crippen molar-refractivity contribution >= 4 is 6.08 Å². The highest BCUT2D eigenvalue weighted by Crippen LogP contribution is 2.23. The summed E-state index contributed by atoms with van der Waals surface area (Å²) in [7, 11) is 0. The van der Waals surface area contributed by atoms with Gasteiger partial charge in [0.15, 0.2) is 0 Å². The van der Waals surface area contributed by atoms with Gasteiger partial charge in [-0.3, -0.25) is 0 Å². The minimum Gasteiger partial charge on any atom is -0.434 e. The highest BCUT2D eigenvalue weighted by Gasteiger charge is 2.09. The second kappa shape index (κ2) is 7.89. The minimum absolute atomic E-state index is 0.208. The molecule has 1 atom stereocenters. The standard InChI is InChI=1S/C15H21F2NO/c1-4-9-18-12(3)11(2)10-13-7-5-6-8-14(13)19-15(16)17/h5-8,10,12,15,18H,4,9H2,1-3H3/b11-10+. The number of rotatable bonds is 7. The van der Waals surface area contributed by atoms with Gasteiger partial charge in [0, 0.05) is 11.6 Å². The first-order chi connectivity index (χ1) is 9.04. The number of ether oxygens (including phenoxy) is 1. The lowest BCUT2D eigenvalue weighted by atomic mass is 10.1. The molecule has 0 radical (unpaired) electrons. The van der Waals surface area contributed by atoms with Crippen molar-refractivity contribution in [2.24, 2.45) is 0 Å². The number of nitrogens with one attached hydrogen (secondary N) is 1. The zero-order chi connectivity index (χ0) is 14.3. The topological polar surface area (TPSA) is 21.3 Å². The van der Waals surface area contributed by atoms with Gasteiger partial charge in [-0.2, -0.15) is 8.78 Å². The van der Waals surface area contributed by atoms with Crippen molar-refractivity contribution < 1.29 is 13.5 Å². The van der Waals surface area contributed by atoms with Crippen LogP contribution in [0.25, 0.3) is 6.08 Å². The predicted octanol–water partition coefficient (Wildman–Crippen LogP) is 4.08. The summed E-state index contributed by atoms with van der Waals surface area (Å²) in [5, 5.41) is 3.36. The summed E-state index contributed by atoms with van der Waals surface area (Å²) in [6.45, 7) is 4.27. The molecule has 0 saturated carbocycles. The number of para-hydroxylation sites is 1. The number of hydrogen-bond acceptors (Lipinski definition) is 2. The molecular weight excluding hydrogens is 248 g/mol. The lowest BCUT2D eigenvalue weighted by Crippen LogP contribution is -2.27. The molecule has 1 N–H and O–H groups in total. The Kier molecular flexibility index (Phi) is 6.50. The number of alkyl halides is 2. The summed E-state index contributed by atoms with van der Waals surface area (Å²) in [4.78, 5) is 0. The molecule has 0 aliphatic carbocycles. The van der Waals surface area contributed by atoms with E-state index < -0.39 is 6.61 Å². The van der Waals surface area contributed by atoms with E-state index in [0.29, 0.717) is 5.56 Å². The van der Waals surface area contributed by atoms with E-state index in [0.717, 1.165) is 18.5 Å².